The van der Waals surface area contributed by atoms with Crippen molar-refractivity contribution in [2.75, 3.05) is 0 Å². The van der Waals surface area contributed by atoms with Gasteiger partial charge in [0.05, 0.1) is 16.1 Å². The predicted molar refractivity (Wildman–Crippen MR) is 72.7 cm³/mol. The van der Waals surface area contributed by atoms with Crippen LogP contribution in [0.3, 0.4) is 0 Å². The maximum Gasteiger partial charge on any atom is 0.0624 e. The van der Waals surface area contributed by atoms with E-state index in [1.54, 1.807) is 6.07 Å². The molecule has 2 rings (SSSR count). The van der Waals surface area contributed by atoms with E-state index in [9.17, 15) is 5.11 Å². The second kappa shape index (κ2) is 5.60. The molecule has 3 heteroatoms. The minimum Gasteiger partial charge on any atom is -0.393 e. The van der Waals surface area contributed by atoms with E-state index < -0.39 is 0 Å². The number of benzene rings is 1. The van der Waals surface area contributed by atoms with Crippen LogP contribution in [0.25, 0.3) is 0 Å². The van der Waals surface area contributed by atoms with Crippen LogP contribution in [-0.4, -0.2) is 11.2 Å². The number of rotatable bonds is 2. The first-order valence-corrected chi connectivity index (χ1v) is 6.94. The van der Waals surface area contributed by atoms with Crippen LogP contribution in [0.15, 0.2) is 18.2 Å². The summed E-state index contributed by atoms with van der Waals surface area (Å²) in [6.45, 7) is 2.25. The molecular formula is C14H18Cl2O. The van der Waals surface area contributed by atoms with Crippen molar-refractivity contribution in [1.29, 1.82) is 0 Å². The first kappa shape index (κ1) is 13.2. The van der Waals surface area contributed by atoms with Crippen LogP contribution in [0.2, 0.25) is 10.0 Å². The van der Waals surface area contributed by atoms with Crippen molar-refractivity contribution in [2.45, 2.75) is 38.7 Å². The Labute approximate surface area is 113 Å². The third-order valence-electron chi connectivity index (χ3n) is 3.72. The molecule has 1 fully saturated rings. The highest BCUT2D eigenvalue weighted by Crippen LogP contribution is 2.34. The van der Waals surface area contributed by atoms with Gasteiger partial charge in [-0.05, 0) is 49.1 Å². The molecule has 1 saturated carbocycles. The molecule has 1 N–H and O–H groups in total. The second-order valence-electron chi connectivity index (χ2n) is 5.16. The van der Waals surface area contributed by atoms with Gasteiger partial charge >= 0.3 is 0 Å². The molecule has 1 aromatic rings. The normalized spacial score (nSPS) is 29.3. The highest BCUT2D eigenvalue weighted by Gasteiger charge is 2.27. The van der Waals surface area contributed by atoms with E-state index in [0.29, 0.717) is 21.9 Å². The number of aliphatic hydroxyl groups excluding tert-OH is 1. The average Bonchev–Trinajstić information content (AvgIpc) is 2.30. The van der Waals surface area contributed by atoms with Crippen LogP contribution in [-0.2, 0) is 6.42 Å². The number of hydrogen-bond acceptors (Lipinski definition) is 1. The van der Waals surface area contributed by atoms with Crippen molar-refractivity contribution >= 4 is 23.2 Å². The van der Waals surface area contributed by atoms with E-state index in [2.05, 4.69) is 6.92 Å². The monoisotopic (exact) mass is 272 g/mol. The largest absolute Gasteiger partial charge is 0.393 e. The fraction of sp³-hybridized carbons (Fsp3) is 0.571. The number of hydrogen-bond donors (Lipinski definition) is 1. The fourth-order valence-corrected chi connectivity index (χ4v) is 3.09. The van der Waals surface area contributed by atoms with Crippen molar-refractivity contribution < 1.29 is 5.11 Å². The van der Waals surface area contributed by atoms with Gasteiger partial charge in [0.25, 0.3) is 0 Å². The molecule has 1 aliphatic carbocycles. The molecule has 17 heavy (non-hydrogen) atoms. The molecule has 0 bridgehead atoms. The van der Waals surface area contributed by atoms with Crippen molar-refractivity contribution in [3.63, 3.8) is 0 Å². The van der Waals surface area contributed by atoms with Gasteiger partial charge in [-0.25, -0.2) is 0 Å². The molecule has 0 aromatic heterocycles. The van der Waals surface area contributed by atoms with Gasteiger partial charge in [-0.1, -0.05) is 42.3 Å². The lowest BCUT2D eigenvalue weighted by Crippen LogP contribution is -2.29. The van der Waals surface area contributed by atoms with E-state index in [-0.39, 0.29) is 6.10 Å². The van der Waals surface area contributed by atoms with Gasteiger partial charge < -0.3 is 5.11 Å². The van der Waals surface area contributed by atoms with Crippen LogP contribution in [0.1, 0.15) is 31.7 Å². The molecule has 94 valence electrons. The van der Waals surface area contributed by atoms with E-state index in [4.69, 9.17) is 23.2 Å². The summed E-state index contributed by atoms with van der Waals surface area (Å²) in [7, 11) is 0. The first-order valence-electron chi connectivity index (χ1n) is 6.19. The fourth-order valence-electron chi connectivity index (χ4n) is 2.69. The lowest BCUT2D eigenvalue weighted by molar-refractivity contribution is 0.0519. The highest BCUT2D eigenvalue weighted by atomic mass is 35.5. The highest BCUT2D eigenvalue weighted by molar-refractivity contribution is 6.42. The summed E-state index contributed by atoms with van der Waals surface area (Å²) in [5.41, 5.74) is 1.05. The van der Waals surface area contributed by atoms with Crippen LogP contribution < -0.4 is 0 Å². The van der Waals surface area contributed by atoms with Gasteiger partial charge in [0.1, 0.15) is 0 Å². The van der Waals surface area contributed by atoms with Crippen LogP contribution in [0.5, 0.6) is 0 Å². The van der Waals surface area contributed by atoms with Crippen LogP contribution in [0.4, 0.5) is 0 Å². The summed E-state index contributed by atoms with van der Waals surface area (Å²) in [6.07, 6.45) is 3.74. The second-order valence-corrected chi connectivity index (χ2v) is 5.95. The maximum absolute atomic E-state index is 10.0. The minimum absolute atomic E-state index is 0.193. The summed E-state index contributed by atoms with van der Waals surface area (Å²) in [4.78, 5) is 0. The molecule has 3 unspecified atom stereocenters. The van der Waals surface area contributed by atoms with Crippen molar-refractivity contribution in [3.8, 4) is 0 Å². The van der Waals surface area contributed by atoms with Gasteiger partial charge in [0.2, 0.25) is 0 Å². The Bertz CT molecular complexity index is 392. The molecule has 0 heterocycles. The Hall–Kier alpha value is -0.240. The van der Waals surface area contributed by atoms with Gasteiger partial charge in [-0.2, -0.15) is 0 Å². The van der Waals surface area contributed by atoms with Crippen LogP contribution >= 0.6 is 23.2 Å². The molecule has 1 nitrogen and oxygen atoms in total. The smallest absolute Gasteiger partial charge is 0.0624 e. The third kappa shape index (κ3) is 3.15. The molecule has 1 aromatic carbocycles. The molecule has 0 aliphatic heterocycles. The standard InChI is InChI=1S/C14H18Cl2O/c1-9-5-6-13(17)11(7-9)8-10-3-2-4-12(15)14(10)16/h2-4,9,11,13,17H,5-8H2,1H3. The van der Waals surface area contributed by atoms with E-state index >= 15 is 0 Å². The summed E-state index contributed by atoms with van der Waals surface area (Å²) in [6, 6.07) is 5.72. The Morgan fingerprint density at radius 1 is 1.29 bits per heavy atom. The molecule has 0 spiro atoms. The van der Waals surface area contributed by atoms with E-state index in [1.807, 2.05) is 12.1 Å². The molecule has 0 radical (unpaired) electrons. The zero-order valence-corrected chi connectivity index (χ0v) is 11.5. The summed E-state index contributed by atoms with van der Waals surface area (Å²) >= 11 is 12.2. The summed E-state index contributed by atoms with van der Waals surface area (Å²) < 4.78 is 0. The van der Waals surface area contributed by atoms with Gasteiger partial charge in [0, 0.05) is 0 Å². The minimum atomic E-state index is -0.193. The molecule has 1 aliphatic rings. The molecule has 0 amide bonds. The third-order valence-corrected chi connectivity index (χ3v) is 4.58. The molecule has 0 saturated heterocycles. The number of halogens is 2. The van der Waals surface area contributed by atoms with E-state index in [1.165, 1.54) is 0 Å². The Balaban J connectivity index is 2.11. The van der Waals surface area contributed by atoms with Crippen molar-refractivity contribution in [3.05, 3.63) is 33.8 Å². The molecule has 3 atom stereocenters. The van der Waals surface area contributed by atoms with Gasteiger partial charge in [-0.15, -0.1) is 0 Å². The van der Waals surface area contributed by atoms with Gasteiger partial charge in [-0.3, -0.25) is 0 Å². The van der Waals surface area contributed by atoms with Crippen molar-refractivity contribution in [2.24, 2.45) is 11.8 Å². The first-order chi connectivity index (χ1) is 8.08. The van der Waals surface area contributed by atoms with E-state index in [0.717, 1.165) is 31.2 Å². The molecular weight excluding hydrogens is 255 g/mol. The zero-order chi connectivity index (χ0) is 12.4. The lowest BCUT2D eigenvalue weighted by Gasteiger charge is -2.32. The average molecular weight is 273 g/mol. The Kier molecular flexibility index (Phi) is 4.35. The maximum atomic E-state index is 10.0. The summed E-state index contributed by atoms with van der Waals surface area (Å²) in [5.74, 6) is 1.01. The quantitative estimate of drug-likeness (QED) is 0.850. The predicted octanol–water partition coefficient (Wildman–Crippen LogP) is 4.33. The summed E-state index contributed by atoms with van der Waals surface area (Å²) in [5, 5.41) is 11.3. The topological polar surface area (TPSA) is 20.2 Å². The lowest BCUT2D eigenvalue weighted by atomic mass is 9.77. The van der Waals surface area contributed by atoms with Crippen LogP contribution in [0, 0.1) is 11.8 Å². The Morgan fingerprint density at radius 2 is 2.06 bits per heavy atom. The van der Waals surface area contributed by atoms with Gasteiger partial charge in [0.15, 0.2) is 0 Å². The number of aliphatic hydroxyl groups is 1. The Morgan fingerprint density at radius 3 is 2.82 bits per heavy atom. The zero-order valence-electron chi connectivity index (χ0n) is 10.00. The van der Waals surface area contributed by atoms with Crippen molar-refractivity contribution in [1.82, 2.24) is 0 Å². The SMILES string of the molecule is CC1CCC(O)C(Cc2cccc(Cl)c2Cl)C1.